The van der Waals surface area contributed by atoms with Crippen LogP contribution in [0.25, 0.3) is 10.7 Å². The molecular formula is C13H16ClN3S. The van der Waals surface area contributed by atoms with Crippen molar-refractivity contribution in [3.8, 4) is 10.7 Å². The molecule has 0 radical (unpaired) electrons. The quantitative estimate of drug-likeness (QED) is 0.911. The van der Waals surface area contributed by atoms with Crippen molar-refractivity contribution in [1.82, 2.24) is 15.3 Å². The predicted molar refractivity (Wildman–Crippen MR) is 77.1 cm³/mol. The van der Waals surface area contributed by atoms with E-state index in [4.69, 9.17) is 11.6 Å². The van der Waals surface area contributed by atoms with Crippen molar-refractivity contribution in [2.75, 3.05) is 6.54 Å². The van der Waals surface area contributed by atoms with Crippen LogP contribution in [0.4, 0.5) is 0 Å². The van der Waals surface area contributed by atoms with Gasteiger partial charge < -0.3 is 5.32 Å². The fourth-order valence-corrected chi connectivity index (χ4v) is 2.86. The molecule has 0 spiro atoms. The summed E-state index contributed by atoms with van der Waals surface area (Å²) < 4.78 is 0. The van der Waals surface area contributed by atoms with Crippen molar-refractivity contribution >= 4 is 22.9 Å². The summed E-state index contributed by atoms with van der Waals surface area (Å²) in [6.07, 6.45) is 2.61. The maximum Gasteiger partial charge on any atom is 0.142 e. The molecule has 0 amide bonds. The van der Waals surface area contributed by atoms with E-state index in [1.54, 1.807) is 17.5 Å². The first-order valence-corrected chi connectivity index (χ1v) is 7.25. The minimum atomic E-state index is 0.652. The van der Waals surface area contributed by atoms with Crippen molar-refractivity contribution in [3.63, 3.8) is 0 Å². The fourth-order valence-electron chi connectivity index (χ4n) is 1.65. The highest BCUT2D eigenvalue weighted by atomic mass is 35.5. The zero-order chi connectivity index (χ0) is 13.0. The summed E-state index contributed by atoms with van der Waals surface area (Å²) in [4.78, 5) is 10.3. The van der Waals surface area contributed by atoms with Gasteiger partial charge in [-0.2, -0.15) is 0 Å². The molecule has 0 saturated heterocycles. The molecule has 0 aliphatic heterocycles. The molecule has 0 aliphatic rings. The summed E-state index contributed by atoms with van der Waals surface area (Å²) in [7, 11) is 0. The van der Waals surface area contributed by atoms with E-state index < -0.39 is 0 Å². The van der Waals surface area contributed by atoms with Gasteiger partial charge in [0.1, 0.15) is 5.01 Å². The van der Waals surface area contributed by atoms with Gasteiger partial charge >= 0.3 is 0 Å². The standard InChI is InChI=1S/C13H16ClN3S/c1-3-10-12(8-15-4-2)18-13(17-10)11-6-5-9(14)7-16-11/h5-7,15H,3-4,8H2,1-2H3. The predicted octanol–water partition coefficient (Wildman–Crippen LogP) is 3.53. The smallest absolute Gasteiger partial charge is 0.142 e. The van der Waals surface area contributed by atoms with Crippen LogP contribution in [0.2, 0.25) is 5.02 Å². The zero-order valence-electron chi connectivity index (χ0n) is 10.5. The van der Waals surface area contributed by atoms with Crippen molar-refractivity contribution < 1.29 is 0 Å². The molecule has 2 aromatic heterocycles. The zero-order valence-corrected chi connectivity index (χ0v) is 12.1. The summed E-state index contributed by atoms with van der Waals surface area (Å²) >= 11 is 7.55. The van der Waals surface area contributed by atoms with Gasteiger partial charge in [-0.1, -0.05) is 25.4 Å². The number of halogens is 1. The summed E-state index contributed by atoms with van der Waals surface area (Å²) in [6.45, 7) is 6.08. The number of aryl methyl sites for hydroxylation is 1. The summed E-state index contributed by atoms with van der Waals surface area (Å²) in [5, 5.41) is 4.96. The van der Waals surface area contributed by atoms with Crippen LogP contribution >= 0.6 is 22.9 Å². The van der Waals surface area contributed by atoms with E-state index in [-0.39, 0.29) is 0 Å². The monoisotopic (exact) mass is 281 g/mol. The van der Waals surface area contributed by atoms with Gasteiger partial charge in [-0.05, 0) is 25.1 Å². The Kier molecular flexibility index (Phi) is 4.69. The fraction of sp³-hybridized carbons (Fsp3) is 0.385. The van der Waals surface area contributed by atoms with Crippen molar-refractivity contribution in [2.24, 2.45) is 0 Å². The SMILES string of the molecule is CCNCc1sc(-c2ccc(Cl)cn2)nc1CC. The number of hydrogen-bond donors (Lipinski definition) is 1. The van der Waals surface area contributed by atoms with Gasteiger partial charge in [0.05, 0.1) is 16.4 Å². The first-order valence-electron chi connectivity index (χ1n) is 6.05. The lowest BCUT2D eigenvalue weighted by atomic mass is 10.3. The van der Waals surface area contributed by atoms with Gasteiger partial charge in [0.2, 0.25) is 0 Å². The summed E-state index contributed by atoms with van der Waals surface area (Å²) in [6, 6.07) is 3.76. The molecule has 0 bridgehead atoms. The Morgan fingerprint density at radius 1 is 1.33 bits per heavy atom. The number of pyridine rings is 1. The highest BCUT2D eigenvalue weighted by Gasteiger charge is 2.11. The van der Waals surface area contributed by atoms with Crippen molar-refractivity contribution in [2.45, 2.75) is 26.8 Å². The molecule has 0 unspecified atom stereocenters. The Bertz CT molecular complexity index is 507. The molecule has 0 fully saturated rings. The van der Waals surface area contributed by atoms with Crippen LogP contribution in [0, 0.1) is 0 Å². The molecule has 5 heteroatoms. The maximum atomic E-state index is 5.84. The molecule has 0 saturated carbocycles. The molecule has 0 atom stereocenters. The molecule has 0 aromatic carbocycles. The molecule has 18 heavy (non-hydrogen) atoms. The van der Waals surface area contributed by atoms with E-state index in [2.05, 4.69) is 29.1 Å². The lowest BCUT2D eigenvalue weighted by Crippen LogP contribution is -2.11. The highest BCUT2D eigenvalue weighted by molar-refractivity contribution is 7.15. The van der Waals surface area contributed by atoms with Crippen LogP contribution in [0.1, 0.15) is 24.4 Å². The first kappa shape index (κ1) is 13.5. The molecule has 2 rings (SSSR count). The minimum absolute atomic E-state index is 0.652. The second-order valence-corrected chi connectivity index (χ2v) is 5.40. The number of aromatic nitrogens is 2. The van der Waals surface area contributed by atoms with Gasteiger partial charge in [0.15, 0.2) is 0 Å². The Hall–Kier alpha value is -0.970. The van der Waals surface area contributed by atoms with Crippen LogP contribution in [0.15, 0.2) is 18.3 Å². The second-order valence-electron chi connectivity index (χ2n) is 3.88. The van der Waals surface area contributed by atoms with Gasteiger partial charge in [0.25, 0.3) is 0 Å². The van der Waals surface area contributed by atoms with E-state index in [0.29, 0.717) is 5.02 Å². The number of rotatable bonds is 5. The van der Waals surface area contributed by atoms with E-state index in [9.17, 15) is 0 Å². The molecule has 1 N–H and O–H groups in total. The molecular weight excluding hydrogens is 266 g/mol. The molecule has 2 heterocycles. The van der Waals surface area contributed by atoms with Crippen molar-refractivity contribution in [3.05, 3.63) is 33.9 Å². The van der Waals surface area contributed by atoms with Crippen molar-refractivity contribution in [1.29, 1.82) is 0 Å². The normalized spacial score (nSPS) is 10.8. The average molecular weight is 282 g/mol. The maximum absolute atomic E-state index is 5.84. The van der Waals surface area contributed by atoms with E-state index in [1.165, 1.54) is 4.88 Å². The average Bonchev–Trinajstić information content (AvgIpc) is 2.80. The van der Waals surface area contributed by atoms with Gasteiger partial charge in [-0.25, -0.2) is 4.98 Å². The molecule has 0 aliphatic carbocycles. The van der Waals surface area contributed by atoms with Crippen LogP contribution < -0.4 is 5.32 Å². The van der Waals surface area contributed by atoms with Crippen LogP contribution in [-0.2, 0) is 13.0 Å². The largest absolute Gasteiger partial charge is 0.312 e. The first-order chi connectivity index (χ1) is 8.74. The third-order valence-electron chi connectivity index (χ3n) is 2.60. The van der Waals surface area contributed by atoms with Crippen LogP contribution in [-0.4, -0.2) is 16.5 Å². The third-order valence-corrected chi connectivity index (χ3v) is 3.94. The Balaban J connectivity index is 2.28. The summed E-state index contributed by atoms with van der Waals surface area (Å²) in [5.74, 6) is 0. The summed E-state index contributed by atoms with van der Waals surface area (Å²) in [5.41, 5.74) is 2.05. The Labute approximate surface area is 116 Å². The number of thiazole rings is 1. The Morgan fingerprint density at radius 2 is 2.17 bits per heavy atom. The lowest BCUT2D eigenvalue weighted by Gasteiger charge is -1.99. The number of nitrogens with zero attached hydrogens (tertiary/aromatic N) is 2. The van der Waals surface area contributed by atoms with Gasteiger partial charge in [-0.3, -0.25) is 4.98 Å². The van der Waals surface area contributed by atoms with Crippen LogP contribution in [0.5, 0.6) is 0 Å². The number of hydrogen-bond acceptors (Lipinski definition) is 4. The highest BCUT2D eigenvalue weighted by Crippen LogP contribution is 2.27. The van der Waals surface area contributed by atoms with E-state index >= 15 is 0 Å². The molecule has 2 aromatic rings. The minimum Gasteiger partial charge on any atom is -0.312 e. The van der Waals surface area contributed by atoms with Gasteiger partial charge in [-0.15, -0.1) is 11.3 Å². The second kappa shape index (κ2) is 6.27. The van der Waals surface area contributed by atoms with E-state index in [0.717, 1.165) is 35.9 Å². The van der Waals surface area contributed by atoms with Gasteiger partial charge in [0, 0.05) is 17.6 Å². The third kappa shape index (κ3) is 3.07. The van der Waals surface area contributed by atoms with E-state index in [1.807, 2.05) is 12.1 Å². The number of nitrogens with one attached hydrogen (secondary N) is 1. The van der Waals surface area contributed by atoms with Crippen LogP contribution in [0.3, 0.4) is 0 Å². The Morgan fingerprint density at radius 3 is 2.78 bits per heavy atom. The lowest BCUT2D eigenvalue weighted by molar-refractivity contribution is 0.727. The molecule has 96 valence electrons. The molecule has 3 nitrogen and oxygen atoms in total. The topological polar surface area (TPSA) is 37.8 Å².